The molecule has 1 saturated heterocycles. The number of amides is 2. The number of hydrogen-bond donors (Lipinski definition) is 2. The standard InChI is InChI=1S/C22H40N2O5Si/c1-15(29-30(6,7)22(2,3)4)9-8-10-17-19(20(26)28-5)18-12-11-16(13-14-25)24(18)21(27)23-17/h15-16,18,25H,8-14H2,1-7H3,(H,23,27). The summed E-state index contributed by atoms with van der Waals surface area (Å²) in [6.45, 7) is 13.3. The molecule has 2 aliphatic heterocycles. The first-order chi connectivity index (χ1) is 13.9. The van der Waals surface area contributed by atoms with E-state index >= 15 is 0 Å². The van der Waals surface area contributed by atoms with Crippen molar-refractivity contribution >= 4 is 20.3 Å². The summed E-state index contributed by atoms with van der Waals surface area (Å²) in [4.78, 5) is 27.0. The lowest BCUT2D eigenvalue weighted by Crippen LogP contribution is -2.53. The van der Waals surface area contributed by atoms with Gasteiger partial charge in [0.2, 0.25) is 0 Å². The molecule has 3 atom stereocenters. The quantitative estimate of drug-likeness (QED) is 0.419. The fourth-order valence-electron chi connectivity index (χ4n) is 4.24. The van der Waals surface area contributed by atoms with Crippen LogP contribution >= 0.6 is 0 Å². The van der Waals surface area contributed by atoms with Gasteiger partial charge in [0.25, 0.3) is 0 Å². The number of carbonyl (C=O) groups excluding carboxylic acids is 2. The first-order valence-electron chi connectivity index (χ1n) is 11.1. The van der Waals surface area contributed by atoms with Gasteiger partial charge in [0.1, 0.15) is 0 Å². The van der Waals surface area contributed by atoms with Crippen LogP contribution in [0, 0.1) is 0 Å². The minimum Gasteiger partial charge on any atom is -0.466 e. The average molecular weight is 441 g/mol. The lowest BCUT2D eigenvalue weighted by Gasteiger charge is -2.38. The maximum absolute atomic E-state index is 12.8. The summed E-state index contributed by atoms with van der Waals surface area (Å²) in [6.07, 6.45) is 4.44. The predicted octanol–water partition coefficient (Wildman–Crippen LogP) is 3.93. The van der Waals surface area contributed by atoms with Crippen molar-refractivity contribution in [1.82, 2.24) is 10.2 Å². The number of aliphatic hydroxyl groups is 1. The van der Waals surface area contributed by atoms with Crippen molar-refractivity contribution in [3.05, 3.63) is 11.3 Å². The van der Waals surface area contributed by atoms with E-state index in [1.807, 2.05) is 0 Å². The normalized spacial score (nSPS) is 23.3. The molecule has 0 bridgehead atoms. The number of hydrogen-bond acceptors (Lipinski definition) is 5. The fourth-order valence-corrected chi connectivity index (χ4v) is 5.72. The summed E-state index contributed by atoms with van der Waals surface area (Å²) >= 11 is 0. The number of carbonyl (C=O) groups is 2. The van der Waals surface area contributed by atoms with Crippen LogP contribution in [0.25, 0.3) is 0 Å². The maximum atomic E-state index is 12.8. The average Bonchev–Trinajstić information content (AvgIpc) is 3.04. The topological polar surface area (TPSA) is 88.1 Å². The van der Waals surface area contributed by atoms with Crippen LogP contribution in [0.5, 0.6) is 0 Å². The van der Waals surface area contributed by atoms with E-state index in [0.717, 1.165) is 25.7 Å². The Kier molecular flexibility index (Phi) is 8.15. The van der Waals surface area contributed by atoms with Crippen LogP contribution in [0.15, 0.2) is 11.3 Å². The molecule has 0 aromatic carbocycles. The van der Waals surface area contributed by atoms with Crippen LogP contribution in [0.2, 0.25) is 18.1 Å². The Labute approximate surface area is 182 Å². The Morgan fingerprint density at radius 3 is 2.57 bits per heavy atom. The van der Waals surface area contributed by atoms with Gasteiger partial charge >= 0.3 is 12.0 Å². The van der Waals surface area contributed by atoms with Crippen LogP contribution < -0.4 is 5.32 Å². The van der Waals surface area contributed by atoms with E-state index in [0.29, 0.717) is 24.1 Å². The number of urea groups is 1. The van der Waals surface area contributed by atoms with Gasteiger partial charge in [0.15, 0.2) is 8.32 Å². The first kappa shape index (κ1) is 24.9. The minimum absolute atomic E-state index is 0.0252. The summed E-state index contributed by atoms with van der Waals surface area (Å²) in [5.74, 6) is -0.379. The molecule has 172 valence electrons. The highest BCUT2D eigenvalue weighted by Gasteiger charge is 2.45. The van der Waals surface area contributed by atoms with Gasteiger partial charge in [-0.05, 0) is 63.6 Å². The second-order valence-corrected chi connectivity index (χ2v) is 14.8. The molecule has 0 aromatic rings. The van der Waals surface area contributed by atoms with Gasteiger partial charge in [-0.25, -0.2) is 9.59 Å². The summed E-state index contributed by atoms with van der Waals surface area (Å²) in [6, 6.07) is -0.484. The summed E-state index contributed by atoms with van der Waals surface area (Å²) in [5, 5.41) is 12.4. The molecule has 30 heavy (non-hydrogen) atoms. The van der Waals surface area contributed by atoms with E-state index in [1.54, 1.807) is 4.90 Å². The number of methoxy groups -OCH3 is 1. The summed E-state index contributed by atoms with van der Waals surface area (Å²) in [5.41, 5.74) is 1.24. The molecule has 8 heteroatoms. The van der Waals surface area contributed by atoms with Crippen LogP contribution in [-0.2, 0) is 14.0 Å². The highest BCUT2D eigenvalue weighted by atomic mass is 28.4. The third kappa shape index (κ3) is 5.45. The zero-order valence-electron chi connectivity index (χ0n) is 19.7. The number of aliphatic hydroxyl groups excluding tert-OH is 1. The van der Waals surface area contributed by atoms with Gasteiger partial charge in [-0.1, -0.05) is 20.8 Å². The largest absolute Gasteiger partial charge is 0.466 e. The SMILES string of the molecule is COC(=O)C1=C(CCCC(C)O[Si](C)(C)C(C)(C)C)NC(=O)N2C(CCO)CCC12. The fraction of sp³-hybridized carbons (Fsp3) is 0.818. The molecular formula is C22H40N2O5Si. The molecular weight excluding hydrogens is 400 g/mol. The van der Waals surface area contributed by atoms with Crippen molar-refractivity contribution in [2.45, 2.75) is 103 Å². The highest BCUT2D eigenvalue weighted by molar-refractivity contribution is 6.74. The zero-order chi connectivity index (χ0) is 22.7. The number of allylic oxidation sites excluding steroid dienone is 1. The molecule has 1 fully saturated rings. The summed E-state index contributed by atoms with van der Waals surface area (Å²) in [7, 11) is -0.444. The van der Waals surface area contributed by atoms with Crippen molar-refractivity contribution < 1.29 is 23.9 Å². The third-order valence-corrected chi connectivity index (χ3v) is 11.5. The van der Waals surface area contributed by atoms with Crippen LogP contribution in [0.3, 0.4) is 0 Å². The number of nitrogens with one attached hydrogen (secondary N) is 1. The van der Waals surface area contributed by atoms with Gasteiger partial charge < -0.3 is 24.5 Å². The van der Waals surface area contributed by atoms with E-state index in [-0.39, 0.29) is 41.8 Å². The van der Waals surface area contributed by atoms with E-state index in [1.165, 1.54) is 7.11 Å². The monoisotopic (exact) mass is 440 g/mol. The highest BCUT2D eigenvalue weighted by Crippen LogP contribution is 2.38. The van der Waals surface area contributed by atoms with Gasteiger partial charge in [-0.2, -0.15) is 0 Å². The molecule has 2 amide bonds. The van der Waals surface area contributed by atoms with Gasteiger partial charge in [0, 0.05) is 24.4 Å². The molecule has 0 radical (unpaired) electrons. The molecule has 0 saturated carbocycles. The number of ether oxygens (including phenoxy) is 1. The second-order valence-electron chi connectivity index (χ2n) is 10.1. The lowest BCUT2D eigenvalue weighted by molar-refractivity contribution is -0.136. The molecule has 0 spiro atoms. The molecule has 2 heterocycles. The predicted molar refractivity (Wildman–Crippen MR) is 120 cm³/mol. The van der Waals surface area contributed by atoms with Gasteiger partial charge in [-0.3, -0.25) is 0 Å². The number of nitrogens with zero attached hydrogens (tertiary/aromatic N) is 1. The van der Waals surface area contributed by atoms with Gasteiger partial charge in [0.05, 0.1) is 18.7 Å². The van der Waals surface area contributed by atoms with E-state index < -0.39 is 8.32 Å². The Morgan fingerprint density at radius 2 is 2.00 bits per heavy atom. The van der Waals surface area contributed by atoms with E-state index in [2.05, 4.69) is 46.1 Å². The molecule has 3 unspecified atom stereocenters. The Morgan fingerprint density at radius 1 is 1.33 bits per heavy atom. The number of esters is 1. The summed E-state index contributed by atoms with van der Waals surface area (Å²) < 4.78 is 11.5. The Hall–Kier alpha value is -1.38. The van der Waals surface area contributed by atoms with Crippen molar-refractivity contribution in [3.63, 3.8) is 0 Å². The van der Waals surface area contributed by atoms with Crippen molar-refractivity contribution in [2.24, 2.45) is 0 Å². The molecule has 2 rings (SSSR count). The molecule has 0 aromatic heterocycles. The van der Waals surface area contributed by atoms with E-state index in [4.69, 9.17) is 9.16 Å². The molecule has 0 aliphatic carbocycles. The lowest BCUT2D eigenvalue weighted by atomic mass is 9.97. The first-order valence-corrected chi connectivity index (χ1v) is 14.0. The Balaban J connectivity index is 2.08. The van der Waals surface area contributed by atoms with Crippen molar-refractivity contribution in [1.29, 1.82) is 0 Å². The molecule has 2 aliphatic rings. The van der Waals surface area contributed by atoms with Crippen LogP contribution in [0.4, 0.5) is 4.79 Å². The van der Waals surface area contributed by atoms with E-state index in [9.17, 15) is 14.7 Å². The molecule has 2 N–H and O–H groups in total. The number of rotatable bonds is 9. The molecule has 7 nitrogen and oxygen atoms in total. The third-order valence-electron chi connectivity index (χ3n) is 6.86. The van der Waals surface area contributed by atoms with Crippen LogP contribution in [0.1, 0.15) is 66.2 Å². The van der Waals surface area contributed by atoms with Crippen molar-refractivity contribution in [3.8, 4) is 0 Å². The Bertz CT molecular complexity index is 671. The minimum atomic E-state index is -1.82. The smallest absolute Gasteiger partial charge is 0.337 e. The van der Waals surface area contributed by atoms with Crippen molar-refractivity contribution in [2.75, 3.05) is 13.7 Å². The number of fused-ring (bicyclic) bond motifs is 1. The maximum Gasteiger partial charge on any atom is 0.337 e. The van der Waals surface area contributed by atoms with Gasteiger partial charge in [-0.15, -0.1) is 0 Å². The zero-order valence-corrected chi connectivity index (χ0v) is 20.7. The van der Waals surface area contributed by atoms with Crippen LogP contribution in [-0.4, -0.2) is 62.2 Å². The second kappa shape index (κ2) is 9.83.